The van der Waals surface area contributed by atoms with E-state index >= 15 is 0 Å². The summed E-state index contributed by atoms with van der Waals surface area (Å²) in [5.41, 5.74) is 2.64. The van der Waals surface area contributed by atoms with Gasteiger partial charge in [-0.1, -0.05) is 51.6 Å². The fraction of sp³-hybridized carbons (Fsp3) is 0.733. The molecule has 0 aromatic heterocycles. The van der Waals surface area contributed by atoms with Gasteiger partial charge in [-0.2, -0.15) is 0 Å². The van der Waals surface area contributed by atoms with Gasteiger partial charge in [0.2, 0.25) is 0 Å². The lowest BCUT2D eigenvalue weighted by Crippen LogP contribution is -2.23. The van der Waals surface area contributed by atoms with Crippen molar-refractivity contribution < 1.29 is 0 Å². The molecule has 0 saturated carbocycles. The number of nitrogens with one attached hydrogen (secondary N) is 1. The van der Waals surface area contributed by atoms with Crippen LogP contribution in [0.4, 0.5) is 11.4 Å². The van der Waals surface area contributed by atoms with Gasteiger partial charge < -0.3 is 10.2 Å². The molecule has 1 aromatic carbocycles. The van der Waals surface area contributed by atoms with Crippen molar-refractivity contribution in [2.24, 2.45) is 5.41 Å². The molecule has 108 valence electrons. The van der Waals surface area contributed by atoms with E-state index < -0.39 is 0 Å². The first kappa shape index (κ1) is 16.6. The molecule has 0 heterocycles. The Bertz CT molecular complexity index is 479. The van der Waals surface area contributed by atoms with E-state index in [-0.39, 0.29) is 0 Å². The average molecular weight is 299 g/mol. The monoisotopic (exact) mass is 298 g/mol. The molecule has 0 saturated heterocycles. The second kappa shape index (κ2) is 6.80. The Labute approximate surface area is 127 Å². The van der Waals surface area contributed by atoms with Crippen LogP contribution >= 0.6 is 24.4 Å². The molecule has 1 aromatic rings. The Kier molecular flexibility index (Phi) is 5.93. The lowest BCUT2D eigenvalue weighted by molar-refractivity contribution is 0.361. The summed E-state index contributed by atoms with van der Waals surface area (Å²) in [6.45, 7) is 10.9. The highest BCUT2D eigenvalue weighted by Gasteiger charge is 2.17. The fourth-order valence-corrected chi connectivity index (χ4v) is 2.83. The number of hydrogen-bond donors (Lipinski definition) is 1. The molecule has 0 aliphatic rings. The number of hydrogen-bond acceptors (Lipinski definition) is 4. The molecule has 0 amide bonds. The van der Waals surface area contributed by atoms with Crippen LogP contribution in [0.25, 0.3) is 0 Å². The molecule has 1 rings (SSSR count). The van der Waals surface area contributed by atoms with Crippen molar-refractivity contribution in [2.75, 3.05) is 30.4 Å². The molecule has 0 unspecified atom stereocenters. The molecule has 19 heavy (non-hydrogen) atoms. The van der Waals surface area contributed by atoms with Gasteiger partial charge in [0.15, 0.2) is 0 Å². The van der Waals surface area contributed by atoms with E-state index in [9.17, 15) is 0 Å². The van der Waals surface area contributed by atoms with Crippen molar-refractivity contribution in [1.82, 2.24) is 0 Å². The maximum atomic E-state index is 5.35. The highest BCUT2D eigenvalue weighted by Crippen LogP contribution is 2.35. The molecule has 1 N–H and O–H groups in total. The van der Waals surface area contributed by atoms with E-state index in [4.69, 9.17) is 24.4 Å². The summed E-state index contributed by atoms with van der Waals surface area (Å²) in [6, 6.07) is 0. The van der Waals surface area contributed by atoms with Crippen LogP contribution in [0.15, 0.2) is 0 Å². The van der Waals surface area contributed by atoms with Crippen molar-refractivity contribution in [3.05, 3.63) is 9.02 Å². The minimum atomic E-state index is 0.431. The summed E-state index contributed by atoms with van der Waals surface area (Å²) in [5, 5.41) is 3.32. The van der Waals surface area contributed by atoms with Crippen LogP contribution in [0.1, 0.15) is 47.0 Å². The molecule has 0 spiro atoms. The van der Waals surface area contributed by atoms with Gasteiger partial charge in [0, 0.05) is 20.1 Å². The molecule has 0 fully saturated rings. The highest BCUT2D eigenvalue weighted by molar-refractivity contribution is 7.74. The first-order valence-electron chi connectivity index (χ1n) is 7.06. The number of rotatable bonds is 7. The topological polar surface area (TPSA) is 15.3 Å². The van der Waals surface area contributed by atoms with Crippen LogP contribution in [0.2, 0.25) is 0 Å². The zero-order valence-electron chi connectivity index (χ0n) is 12.8. The Hall–Kier alpha value is -0.480. The van der Waals surface area contributed by atoms with Gasteiger partial charge in [0.05, 0.1) is 20.4 Å². The summed E-state index contributed by atoms with van der Waals surface area (Å²) >= 11 is 10.6. The first-order valence-corrected chi connectivity index (χ1v) is 7.88. The molecule has 0 aliphatic carbocycles. The summed E-state index contributed by atoms with van der Waals surface area (Å²) in [6.07, 6.45) is 3.73. The maximum Gasteiger partial charge on any atom is 0.0834 e. The van der Waals surface area contributed by atoms with E-state index in [0.717, 1.165) is 33.5 Å². The first-order chi connectivity index (χ1) is 8.78. The molecule has 0 radical (unpaired) electrons. The third kappa shape index (κ3) is 4.53. The van der Waals surface area contributed by atoms with E-state index in [1.165, 1.54) is 19.3 Å². The second-order valence-corrected chi connectivity index (χ2v) is 7.17. The normalized spacial score (nSPS) is 11.8. The zero-order valence-corrected chi connectivity index (χ0v) is 14.4. The highest BCUT2D eigenvalue weighted by atomic mass is 32.1. The lowest BCUT2D eigenvalue weighted by Gasteiger charge is -2.26. The summed E-state index contributed by atoms with van der Waals surface area (Å²) < 4.78 is 1.68. The zero-order chi connectivity index (χ0) is 14.6. The lowest BCUT2D eigenvalue weighted by atomic mass is 9.90. The largest absolute Gasteiger partial charge is 0.382 e. The fourth-order valence-electron chi connectivity index (χ4n) is 2.20. The SMILES string of the molecule is CCNc1c(N(C)CCCCC(C)(C)C)c(=S)c1=S. The summed E-state index contributed by atoms with van der Waals surface area (Å²) in [4.78, 5) is 2.25. The summed E-state index contributed by atoms with van der Waals surface area (Å²) in [7, 11) is 2.11. The molecular weight excluding hydrogens is 272 g/mol. The summed E-state index contributed by atoms with van der Waals surface area (Å²) in [5.74, 6) is 0. The second-order valence-electron chi connectivity index (χ2n) is 6.35. The molecule has 0 atom stereocenters. The smallest absolute Gasteiger partial charge is 0.0834 e. The standard InChI is InChI=1S/C15H26N2S2/c1-6-16-11-12(14(19)13(11)18)17(5)10-8-7-9-15(2,3)4/h16H,6-10H2,1-5H3. The minimum absolute atomic E-state index is 0.431. The Morgan fingerprint density at radius 3 is 2.26 bits per heavy atom. The van der Waals surface area contributed by atoms with E-state index in [1.807, 2.05) is 0 Å². The Morgan fingerprint density at radius 2 is 1.74 bits per heavy atom. The average Bonchev–Trinajstić information content (AvgIpc) is 2.32. The van der Waals surface area contributed by atoms with Crippen molar-refractivity contribution >= 4 is 35.8 Å². The van der Waals surface area contributed by atoms with E-state index in [2.05, 4.69) is 45.0 Å². The molecule has 2 nitrogen and oxygen atoms in total. The van der Waals surface area contributed by atoms with Crippen molar-refractivity contribution in [3.63, 3.8) is 0 Å². The minimum Gasteiger partial charge on any atom is -0.382 e. The van der Waals surface area contributed by atoms with Gasteiger partial charge in [0.25, 0.3) is 0 Å². The van der Waals surface area contributed by atoms with Gasteiger partial charge in [-0.3, -0.25) is 0 Å². The third-order valence-electron chi connectivity index (χ3n) is 3.29. The Morgan fingerprint density at radius 1 is 1.11 bits per heavy atom. The molecule has 0 bridgehead atoms. The van der Waals surface area contributed by atoms with Crippen LogP contribution in [0, 0.1) is 14.4 Å². The molecule has 4 heteroatoms. The van der Waals surface area contributed by atoms with Gasteiger partial charge >= 0.3 is 0 Å². The number of unbranched alkanes of at least 4 members (excludes halogenated alkanes) is 1. The Balaban J connectivity index is 2.51. The van der Waals surface area contributed by atoms with Gasteiger partial charge in [-0.25, -0.2) is 0 Å². The van der Waals surface area contributed by atoms with E-state index in [0.29, 0.717) is 5.41 Å². The van der Waals surface area contributed by atoms with Gasteiger partial charge in [-0.15, -0.1) is 0 Å². The van der Waals surface area contributed by atoms with Crippen molar-refractivity contribution in [1.29, 1.82) is 0 Å². The predicted molar refractivity (Wildman–Crippen MR) is 91.2 cm³/mol. The number of nitrogens with zero attached hydrogens (tertiary/aromatic N) is 1. The predicted octanol–water partition coefficient (Wildman–Crippen LogP) is 5.11. The van der Waals surface area contributed by atoms with Crippen molar-refractivity contribution in [2.45, 2.75) is 47.0 Å². The molecular formula is C15H26N2S2. The number of anilines is 2. The van der Waals surface area contributed by atoms with Crippen LogP contribution in [0.5, 0.6) is 0 Å². The van der Waals surface area contributed by atoms with Crippen LogP contribution in [-0.2, 0) is 0 Å². The van der Waals surface area contributed by atoms with E-state index in [1.54, 1.807) is 0 Å². The van der Waals surface area contributed by atoms with Crippen LogP contribution in [-0.4, -0.2) is 20.1 Å². The third-order valence-corrected chi connectivity index (χ3v) is 4.23. The quantitative estimate of drug-likeness (QED) is 0.556. The maximum absolute atomic E-state index is 5.35. The van der Waals surface area contributed by atoms with Crippen molar-refractivity contribution in [3.8, 4) is 0 Å². The van der Waals surface area contributed by atoms with Crippen LogP contribution < -0.4 is 10.2 Å². The molecule has 0 aliphatic heterocycles. The van der Waals surface area contributed by atoms with Gasteiger partial charge in [-0.05, 0) is 25.2 Å². The van der Waals surface area contributed by atoms with Crippen LogP contribution in [0.3, 0.4) is 0 Å². The van der Waals surface area contributed by atoms with Gasteiger partial charge in [0.1, 0.15) is 0 Å².